The van der Waals surface area contributed by atoms with Gasteiger partial charge in [-0.15, -0.1) is 0 Å². The number of nitrogens with zero attached hydrogens (tertiary/aromatic N) is 1. The van der Waals surface area contributed by atoms with Crippen molar-refractivity contribution in [3.05, 3.63) is 47.6 Å². The lowest BCUT2D eigenvalue weighted by Gasteiger charge is -2.44. The van der Waals surface area contributed by atoms with Gasteiger partial charge in [-0.2, -0.15) is 13.2 Å². The number of methoxy groups -OCH3 is 1. The fourth-order valence-corrected chi connectivity index (χ4v) is 3.62. The van der Waals surface area contributed by atoms with Crippen molar-refractivity contribution in [2.45, 2.75) is 37.0 Å². The van der Waals surface area contributed by atoms with Gasteiger partial charge in [0.05, 0.1) is 12.0 Å². The van der Waals surface area contributed by atoms with Crippen molar-refractivity contribution in [2.24, 2.45) is 22.7 Å². The van der Waals surface area contributed by atoms with Crippen LogP contribution in [0.25, 0.3) is 0 Å². The molecule has 7 heteroatoms. The van der Waals surface area contributed by atoms with Gasteiger partial charge in [-0.1, -0.05) is 53.8 Å². The van der Waals surface area contributed by atoms with Crippen molar-refractivity contribution in [2.75, 3.05) is 7.11 Å². The maximum absolute atomic E-state index is 14.4. The summed E-state index contributed by atoms with van der Waals surface area (Å²) in [6, 6.07) is 0. The van der Waals surface area contributed by atoms with E-state index in [9.17, 15) is 13.2 Å². The smallest absolute Gasteiger partial charge is 0.373 e. The van der Waals surface area contributed by atoms with E-state index in [1.165, 1.54) is 12.2 Å². The van der Waals surface area contributed by atoms with E-state index in [1.807, 2.05) is 0 Å². The van der Waals surface area contributed by atoms with Gasteiger partial charge in [-0.25, -0.2) is 0 Å². The number of hydrogen-bond acceptors (Lipinski definition) is 3. The van der Waals surface area contributed by atoms with Crippen LogP contribution in [-0.4, -0.2) is 36.9 Å². The zero-order valence-electron chi connectivity index (χ0n) is 15.1. The fourth-order valence-electron chi connectivity index (χ4n) is 3.43. The van der Waals surface area contributed by atoms with Gasteiger partial charge in [-0.05, 0) is 25.0 Å². The third kappa shape index (κ3) is 3.59. The molecule has 3 aliphatic carbocycles. The molecule has 0 aromatic rings. The highest BCUT2D eigenvalue weighted by atomic mass is 35.5. The molecule has 4 aliphatic rings. The third-order valence-electron chi connectivity index (χ3n) is 5.19. The van der Waals surface area contributed by atoms with Crippen LogP contribution >= 0.6 is 11.6 Å². The SMILES string of the molecule is COC1C=CC([C@@H]2N=C3C=CC(Cl)=C[C@@H]3[C@@](C#CC3CC3)(C(F)(F)F)O2)C=C1. The summed E-state index contributed by atoms with van der Waals surface area (Å²) in [5, 5.41) is 0.216. The summed E-state index contributed by atoms with van der Waals surface area (Å²) in [5.74, 6) is 3.57. The van der Waals surface area contributed by atoms with E-state index in [0.717, 1.165) is 12.8 Å². The molecule has 0 spiro atoms. The Morgan fingerprint density at radius 1 is 1.21 bits per heavy atom. The van der Waals surface area contributed by atoms with Crippen molar-refractivity contribution in [1.82, 2.24) is 0 Å². The number of ether oxygens (including phenoxy) is 2. The van der Waals surface area contributed by atoms with Crippen molar-refractivity contribution >= 4 is 17.3 Å². The Balaban J connectivity index is 1.76. The normalized spacial score (nSPS) is 36.9. The van der Waals surface area contributed by atoms with Crippen molar-refractivity contribution < 1.29 is 22.6 Å². The molecule has 0 saturated heterocycles. The van der Waals surface area contributed by atoms with Crippen molar-refractivity contribution in [3.8, 4) is 11.8 Å². The highest BCUT2D eigenvalue weighted by Gasteiger charge is 2.64. The number of halogens is 4. The second kappa shape index (κ2) is 7.22. The molecule has 1 aliphatic heterocycles. The average molecular weight is 410 g/mol. The number of alkyl halides is 3. The molecule has 0 bridgehead atoms. The Kier molecular flexibility index (Phi) is 5.03. The largest absolute Gasteiger partial charge is 0.429 e. The summed E-state index contributed by atoms with van der Waals surface area (Å²) in [6.45, 7) is 0. The molecule has 0 radical (unpaired) electrons. The summed E-state index contributed by atoms with van der Waals surface area (Å²) >= 11 is 6.02. The predicted octanol–water partition coefficient (Wildman–Crippen LogP) is 4.56. The van der Waals surface area contributed by atoms with Gasteiger partial charge < -0.3 is 9.47 Å². The Morgan fingerprint density at radius 2 is 1.93 bits per heavy atom. The van der Waals surface area contributed by atoms with E-state index < -0.39 is 29.8 Å². The summed E-state index contributed by atoms with van der Waals surface area (Å²) in [4.78, 5) is 4.46. The Bertz CT molecular complexity index is 843. The molecule has 0 aromatic heterocycles. The topological polar surface area (TPSA) is 30.8 Å². The average Bonchev–Trinajstić information content (AvgIpc) is 3.50. The number of allylic oxidation sites excluding steroid dienone is 3. The van der Waals surface area contributed by atoms with Crippen LogP contribution in [0, 0.1) is 29.6 Å². The molecule has 28 heavy (non-hydrogen) atoms. The van der Waals surface area contributed by atoms with Gasteiger partial charge in [0.15, 0.2) is 6.23 Å². The number of aliphatic imine (C=N–C) groups is 1. The van der Waals surface area contributed by atoms with Crippen LogP contribution in [-0.2, 0) is 9.47 Å². The first kappa shape index (κ1) is 19.5. The van der Waals surface area contributed by atoms with Crippen molar-refractivity contribution in [1.29, 1.82) is 0 Å². The molecule has 1 saturated carbocycles. The minimum absolute atomic E-state index is 0.000826. The summed E-state index contributed by atoms with van der Waals surface area (Å²) in [6.07, 6.45) is 7.14. The Labute approximate surface area is 166 Å². The summed E-state index contributed by atoms with van der Waals surface area (Å²) in [7, 11) is 1.56. The van der Waals surface area contributed by atoms with E-state index >= 15 is 0 Å². The number of hydrogen-bond donors (Lipinski definition) is 0. The Morgan fingerprint density at radius 3 is 2.54 bits per heavy atom. The molecular formula is C21H19ClF3NO2. The van der Waals surface area contributed by atoms with E-state index in [4.69, 9.17) is 21.1 Å². The molecule has 3 nitrogen and oxygen atoms in total. The van der Waals surface area contributed by atoms with Crippen LogP contribution in [0.5, 0.6) is 0 Å². The first-order chi connectivity index (χ1) is 13.3. The van der Waals surface area contributed by atoms with Gasteiger partial charge in [0, 0.05) is 29.7 Å². The second-order valence-corrected chi connectivity index (χ2v) is 7.69. The van der Waals surface area contributed by atoms with Gasteiger partial charge >= 0.3 is 6.18 Å². The monoisotopic (exact) mass is 409 g/mol. The summed E-state index contributed by atoms with van der Waals surface area (Å²) < 4.78 is 54.0. The lowest BCUT2D eigenvalue weighted by Crippen LogP contribution is -2.59. The summed E-state index contributed by atoms with van der Waals surface area (Å²) in [5.41, 5.74) is -2.40. The highest BCUT2D eigenvalue weighted by molar-refractivity contribution is 6.32. The molecule has 0 unspecified atom stereocenters. The number of fused-ring (bicyclic) bond motifs is 1. The van der Waals surface area contributed by atoms with Gasteiger partial charge in [-0.3, -0.25) is 4.99 Å². The fraction of sp³-hybridized carbons (Fsp3) is 0.476. The van der Waals surface area contributed by atoms with Crippen LogP contribution in [0.1, 0.15) is 12.8 Å². The molecule has 3 atom stereocenters. The minimum atomic E-state index is -4.71. The molecule has 1 fully saturated rings. The first-order valence-electron chi connectivity index (χ1n) is 9.12. The van der Waals surface area contributed by atoms with E-state index in [0.29, 0.717) is 0 Å². The van der Waals surface area contributed by atoms with E-state index in [1.54, 1.807) is 37.5 Å². The van der Waals surface area contributed by atoms with Gasteiger partial charge in [0.2, 0.25) is 5.60 Å². The molecule has 0 amide bonds. The minimum Gasteiger partial charge on any atom is -0.373 e. The zero-order chi connectivity index (χ0) is 19.9. The van der Waals surface area contributed by atoms with Crippen LogP contribution in [0.4, 0.5) is 13.2 Å². The van der Waals surface area contributed by atoms with Gasteiger partial charge in [0.1, 0.15) is 0 Å². The van der Waals surface area contributed by atoms with Crippen LogP contribution in [0.3, 0.4) is 0 Å². The van der Waals surface area contributed by atoms with Gasteiger partial charge in [0.25, 0.3) is 0 Å². The molecule has 1 heterocycles. The van der Waals surface area contributed by atoms with Crippen molar-refractivity contribution in [3.63, 3.8) is 0 Å². The maximum atomic E-state index is 14.4. The van der Waals surface area contributed by atoms with E-state index in [2.05, 4.69) is 16.8 Å². The third-order valence-corrected chi connectivity index (χ3v) is 5.44. The standard InChI is InChI=1S/C21H19ClF3NO2/c1-27-16-7-4-14(5-8-16)19-26-18-9-6-15(22)12-17(18)20(28-19,21(23,24)25)11-10-13-2-3-13/h4-9,12-14,16-17,19H,2-3H2,1H3/t14?,16?,17-,19+,20-/m0/s1. The zero-order valence-corrected chi connectivity index (χ0v) is 15.9. The second-order valence-electron chi connectivity index (χ2n) is 7.25. The molecule has 0 N–H and O–H groups in total. The van der Waals surface area contributed by atoms with Crippen LogP contribution < -0.4 is 0 Å². The molecule has 4 rings (SSSR count). The number of rotatable bonds is 2. The molecule has 0 aromatic carbocycles. The Hall–Kier alpha value is -1.81. The van der Waals surface area contributed by atoms with Crippen LogP contribution in [0.15, 0.2) is 52.6 Å². The maximum Gasteiger partial charge on any atom is 0.429 e. The van der Waals surface area contributed by atoms with Crippen LogP contribution in [0.2, 0.25) is 0 Å². The lowest BCUT2D eigenvalue weighted by atomic mass is 9.79. The predicted molar refractivity (Wildman–Crippen MR) is 101 cm³/mol. The molecule has 148 valence electrons. The van der Waals surface area contributed by atoms with E-state index in [-0.39, 0.29) is 22.8 Å². The molecular weight excluding hydrogens is 391 g/mol. The highest BCUT2D eigenvalue weighted by Crippen LogP contribution is 2.47. The lowest BCUT2D eigenvalue weighted by molar-refractivity contribution is -0.278. The quantitative estimate of drug-likeness (QED) is 0.494. The first-order valence-corrected chi connectivity index (χ1v) is 9.50.